The first kappa shape index (κ1) is 22.1. The number of rotatable bonds is 3. The first-order valence-electron chi connectivity index (χ1n) is 8.92. The Bertz CT molecular complexity index is 950. The van der Waals surface area contributed by atoms with Crippen molar-refractivity contribution in [3.8, 4) is 6.19 Å². The molecule has 0 radical (unpaired) electrons. The topological polar surface area (TPSA) is 67.5 Å². The maximum atomic E-state index is 12.8. The van der Waals surface area contributed by atoms with Crippen LogP contribution in [0, 0.1) is 11.5 Å². The summed E-state index contributed by atoms with van der Waals surface area (Å²) in [5.74, 6) is 0.364. The molecular weight excluding hydrogens is 437 g/mol. The van der Waals surface area contributed by atoms with E-state index in [9.17, 15) is 13.2 Å². The molecule has 30 heavy (non-hydrogen) atoms. The van der Waals surface area contributed by atoms with E-state index in [4.69, 9.17) is 16.9 Å². The molecule has 11 heteroatoms. The van der Waals surface area contributed by atoms with Crippen molar-refractivity contribution in [2.45, 2.75) is 6.18 Å². The number of pyridine rings is 1. The Balaban J connectivity index is 1.64. The van der Waals surface area contributed by atoms with E-state index in [0.29, 0.717) is 37.2 Å². The van der Waals surface area contributed by atoms with E-state index in [1.807, 2.05) is 41.6 Å². The SMILES string of the molecule is CSC(=Nc1ccc(N2CCN(c3ncc(C(F)(F)F)cc3Cl)CC2)cc1)NC#N. The number of hydrogen-bond donors (Lipinski definition) is 1. The summed E-state index contributed by atoms with van der Waals surface area (Å²) in [4.78, 5) is 12.3. The molecule has 0 atom stereocenters. The summed E-state index contributed by atoms with van der Waals surface area (Å²) < 4.78 is 38.4. The van der Waals surface area contributed by atoms with Crippen LogP contribution < -0.4 is 15.1 Å². The zero-order valence-corrected chi connectivity index (χ0v) is 17.5. The highest BCUT2D eigenvalue weighted by atomic mass is 35.5. The van der Waals surface area contributed by atoms with Crippen molar-refractivity contribution in [3.05, 3.63) is 47.1 Å². The van der Waals surface area contributed by atoms with E-state index in [1.54, 1.807) is 0 Å². The highest BCUT2D eigenvalue weighted by Gasteiger charge is 2.32. The van der Waals surface area contributed by atoms with Gasteiger partial charge in [-0.15, -0.1) is 0 Å². The van der Waals surface area contributed by atoms with E-state index >= 15 is 0 Å². The number of hydrogen-bond acceptors (Lipinski definition) is 6. The number of benzene rings is 1. The summed E-state index contributed by atoms with van der Waals surface area (Å²) in [6, 6.07) is 8.54. The number of aromatic nitrogens is 1. The van der Waals surface area contributed by atoms with Gasteiger partial charge in [-0.1, -0.05) is 23.4 Å². The molecule has 1 saturated heterocycles. The molecule has 1 fully saturated rings. The number of nitrogens with one attached hydrogen (secondary N) is 1. The molecule has 1 aromatic heterocycles. The van der Waals surface area contributed by atoms with Crippen LogP contribution >= 0.6 is 23.4 Å². The van der Waals surface area contributed by atoms with E-state index in [0.717, 1.165) is 23.6 Å². The summed E-state index contributed by atoms with van der Waals surface area (Å²) >= 11 is 7.40. The Hall–Kier alpha value is -2.64. The summed E-state index contributed by atoms with van der Waals surface area (Å²) in [6.45, 7) is 2.52. The molecule has 1 aromatic carbocycles. The molecule has 0 saturated carbocycles. The lowest BCUT2D eigenvalue weighted by Crippen LogP contribution is -2.47. The Morgan fingerprint density at radius 1 is 1.20 bits per heavy atom. The first-order valence-corrected chi connectivity index (χ1v) is 10.5. The van der Waals surface area contributed by atoms with Crippen molar-refractivity contribution in [3.63, 3.8) is 0 Å². The summed E-state index contributed by atoms with van der Waals surface area (Å²) in [7, 11) is 0. The van der Waals surface area contributed by atoms with Crippen molar-refractivity contribution in [1.29, 1.82) is 5.26 Å². The minimum atomic E-state index is -4.47. The van der Waals surface area contributed by atoms with Crippen LogP contribution in [0.15, 0.2) is 41.5 Å². The van der Waals surface area contributed by atoms with E-state index in [2.05, 4.69) is 20.2 Å². The normalized spacial score (nSPS) is 15.1. The number of nitrogens with zero attached hydrogens (tertiary/aromatic N) is 5. The molecular formula is C19H18ClF3N6S. The fraction of sp³-hybridized carbons (Fsp3) is 0.316. The third kappa shape index (κ3) is 5.29. The Labute approximate surface area is 181 Å². The minimum Gasteiger partial charge on any atom is -0.368 e. The third-order valence-corrected chi connectivity index (χ3v) is 5.39. The molecule has 0 amide bonds. The van der Waals surface area contributed by atoms with Crippen LogP contribution in [0.4, 0.5) is 30.4 Å². The second-order valence-electron chi connectivity index (χ2n) is 6.38. The fourth-order valence-corrected chi connectivity index (χ4v) is 3.65. The number of halogens is 4. The minimum absolute atomic E-state index is 0.00364. The number of anilines is 2. The van der Waals surface area contributed by atoms with Gasteiger partial charge in [0, 0.05) is 38.1 Å². The standard InChI is InChI=1S/C19H18ClF3N6S/c1-30-18(26-12-24)27-14-2-4-15(5-3-14)28-6-8-29(9-7-28)17-16(20)10-13(11-25-17)19(21,22)23/h2-5,10-11H,6-9H2,1H3,(H,26,27). The van der Waals surface area contributed by atoms with Crippen LogP contribution in [0.1, 0.15) is 5.56 Å². The van der Waals surface area contributed by atoms with Gasteiger partial charge in [-0.05, 0) is 36.6 Å². The molecule has 1 N–H and O–H groups in total. The molecule has 2 heterocycles. The van der Waals surface area contributed by atoms with Crippen LogP contribution in [-0.2, 0) is 6.18 Å². The lowest BCUT2D eigenvalue weighted by molar-refractivity contribution is -0.137. The average Bonchev–Trinajstić information content (AvgIpc) is 2.73. The number of alkyl halides is 3. The second-order valence-corrected chi connectivity index (χ2v) is 7.58. The van der Waals surface area contributed by atoms with Gasteiger partial charge in [0.05, 0.1) is 16.3 Å². The lowest BCUT2D eigenvalue weighted by atomic mass is 10.2. The summed E-state index contributed by atoms with van der Waals surface area (Å²) in [5, 5.41) is 11.7. The lowest BCUT2D eigenvalue weighted by Gasteiger charge is -2.37. The quantitative estimate of drug-likeness (QED) is 0.319. The van der Waals surface area contributed by atoms with Gasteiger partial charge in [-0.2, -0.15) is 18.4 Å². The van der Waals surface area contributed by atoms with Crippen molar-refractivity contribution in [1.82, 2.24) is 10.3 Å². The maximum Gasteiger partial charge on any atom is 0.417 e. The third-order valence-electron chi connectivity index (χ3n) is 4.53. The smallest absolute Gasteiger partial charge is 0.368 e. The molecule has 1 aliphatic rings. The van der Waals surface area contributed by atoms with E-state index < -0.39 is 11.7 Å². The average molecular weight is 455 g/mol. The zero-order valence-electron chi connectivity index (χ0n) is 15.9. The van der Waals surface area contributed by atoms with Crippen molar-refractivity contribution >= 4 is 45.7 Å². The Kier molecular flexibility index (Phi) is 6.95. The van der Waals surface area contributed by atoms with Crippen molar-refractivity contribution < 1.29 is 13.2 Å². The Morgan fingerprint density at radius 3 is 2.37 bits per heavy atom. The predicted molar refractivity (Wildman–Crippen MR) is 114 cm³/mol. The predicted octanol–water partition coefficient (Wildman–Crippen LogP) is 4.50. The molecule has 6 nitrogen and oxygen atoms in total. The van der Waals surface area contributed by atoms with Gasteiger partial charge in [-0.25, -0.2) is 9.98 Å². The van der Waals surface area contributed by atoms with Gasteiger partial charge >= 0.3 is 6.18 Å². The molecule has 0 unspecified atom stereocenters. The van der Waals surface area contributed by atoms with Gasteiger partial charge in [-0.3, -0.25) is 5.32 Å². The molecule has 2 aromatic rings. The van der Waals surface area contributed by atoms with Crippen LogP contribution in [0.2, 0.25) is 5.02 Å². The van der Waals surface area contributed by atoms with Gasteiger partial charge in [0.15, 0.2) is 11.4 Å². The Morgan fingerprint density at radius 2 is 1.83 bits per heavy atom. The van der Waals surface area contributed by atoms with Gasteiger partial charge in [0.2, 0.25) is 0 Å². The van der Waals surface area contributed by atoms with E-state index in [-0.39, 0.29) is 5.02 Å². The highest BCUT2D eigenvalue weighted by Crippen LogP contribution is 2.34. The first-order chi connectivity index (χ1) is 14.3. The van der Waals surface area contributed by atoms with Crippen LogP contribution in [-0.4, -0.2) is 42.6 Å². The number of nitriles is 1. The molecule has 0 spiro atoms. The highest BCUT2D eigenvalue weighted by molar-refractivity contribution is 8.13. The van der Waals surface area contributed by atoms with Crippen molar-refractivity contribution in [2.24, 2.45) is 4.99 Å². The summed E-state index contributed by atoms with van der Waals surface area (Å²) in [5.41, 5.74) is 0.886. The van der Waals surface area contributed by atoms with E-state index in [1.165, 1.54) is 11.8 Å². The zero-order chi connectivity index (χ0) is 21.7. The second kappa shape index (κ2) is 9.45. The number of piperazine rings is 1. The van der Waals surface area contributed by atoms with Crippen LogP contribution in [0.3, 0.4) is 0 Å². The monoisotopic (exact) mass is 454 g/mol. The number of amidine groups is 1. The molecule has 3 rings (SSSR count). The maximum absolute atomic E-state index is 12.8. The number of thioether (sulfide) groups is 1. The van der Waals surface area contributed by atoms with Crippen molar-refractivity contribution in [2.75, 3.05) is 42.2 Å². The van der Waals surface area contributed by atoms with Crippen LogP contribution in [0.5, 0.6) is 0 Å². The van der Waals surface area contributed by atoms with Gasteiger partial charge in [0.25, 0.3) is 0 Å². The largest absolute Gasteiger partial charge is 0.417 e. The van der Waals surface area contributed by atoms with Gasteiger partial charge in [0.1, 0.15) is 5.82 Å². The molecule has 1 aliphatic heterocycles. The summed E-state index contributed by atoms with van der Waals surface area (Å²) in [6.07, 6.45) is 0.0268. The van der Waals surface area contributed by atoms with Crippen LogP contribution in [0.25, 0.3) is 0 Å². The number of aliphatic imine (C=N–C) groups is 1. The molecule has 158 valence electrons. The molecule has 0 aliphatic carbocycles. The fourth-order valence-electron chi connectivity index (χ4n) is 3.02. The molecule has 0 bridgehead atoms. The van der Waals surface area contributed by atoms with Gasteiger partial charge < -0.3 is 9.80 Å².